The SMILES string of the molecule is CCn1cc(O[C@@H]2CN(C(=O)c3cc4cccn4cn3)C[C@H]2O)cn1. The number of hydrogen-bond donors (Lipinski definition) is 1. The zero-order valence-corrected chi connectivity index (χ0v) is 13.8. The molecule has 0 aliphatic carbocycles. The van der Waals surface area contributed by atoms with Crippen molar-refractivity contribution in [1.82, 2.24) is 24.1 Å². The molecule has 1 saturated heterocycles. The van der Waals surface area contributed by atoms with Crippen LogP contribution in [0.2, 0.25) is 0 Å². The molecular weight excluding hydrogens is 322 g/mol. The van der Waals surface area contributed by atoms with Crippen LogP contribution in [0.4, 0.5) is 0 Å². The average molecular weight is 341 g/mol. The van der Waals surface area contributed by atoms with Gasteiger partial charge in [-0.05, 0) is 25.1 Å². The fourth-order valence-electron chi connectivity index (χ4n) is 3.01. The Balaban J connectivity index is 1.47. The van der Waals surface area contributed by atoms with Crippen molar-refractivity contribution in [2.75, 3.05) is 13.1 Å². The second-order valence-corrected chi connectivity index (χ2v) is 6.08. The largest absolute Gasteiger partial charge is 0.482 e. The average Bonchev–Trinajstić information content (AvgIpc) is 3.34. The van der Waals surface area contributed by atoms with Gasteiger partial charge in [-0.15, -0.1) is 0 Å². The summed E-state index contributed by atoms with van der Waals surface area (Å²) in [5, 5.41) is 14.4. The Hall–Kier alpha value is -2.87. The minimum absolute atomic E-state index is 0.210. The molecule has 4 heterocycles. The summed E-state index contributed by atoms with van der Waals surface area (Å²) in [5.74, 6) is 0.381. The number of carbonyl (C=O) groups is 1. The summed E-state index contributed by atoms with van der Waals surface area (Å²) in [4.78, 5) is 18.5. The quantitative estimate of drug-likeness (QED) is 0.759. The van der Waals surface area contributed by atoms with Gasteiger partial charge >= 0.3 is 0 Å². The Bertz CT molecular complexity index is 902. The predicted octanol–water partition coefficient (Wildman–Crippen LogP) is 0.815. The van der Waals surface area contributed by atoms with Crippen molar-refractivity contribution >= 4 is 11.4 Å². The van der Waals surface area contributed by atoms with E-state index < -0.39 is 12.2 Å². The van der Waals surface area contributed by atoms with E-state index in [1.54, 1.807) is 34.4 Å². The molecule has 0 unspecified atom stereocenters. The third-order valence-electron chi connectivity index (χ3n) is 4.38. The number of nitrogens with zero attached hydrogens (tertiary/aromatic N) is 5. The molecule has 8 heteroatoms. The molecule has 0 bridgehead atoms. The second kappa shape index (κ2) is 6.21. The minimum Gasteiger partial charge on any atom is -0.482 e. The summed E-state index contributed by atoms with van der Waals surface area (Å²) < 4.78 is 9.38. The maximum atomic E-state index is 12.7. The highest BCUT2D eigenvalue weighted by atomic mass is 16.5. The van der Waals surface area contributed by atoms with Crippen molar-refractivity contribution in [2.45, 2.75) is 25.7 Å². The van der Waals surface area contributed by atoms with E-state index in [2.05, 4.69) is 10.1 Å². The number of hydrogen-bond acceptors (Lipinski definition) is 5. The summed E-state index contributed by atoms with van der Waals surface area (Å²) in [5.41, 5.74) is 1.26. The lowest BCUT2D eigenvalue weighted by Gasteiger charge is -2.16. The molecule has 0 aromatic carbocycles. The van der Waals surface area contributed by atoms with E-state index >= 15 is 0 Å². The van der Waals surface area contributed by atoms with Gasteiger partial charge in [-0.2, -0.15) is 5.10 Å². The Kier molecular flexibility index (Phi) is 3.89. The first-order valence-corrected chi connectivity index (χ1v) is 8.23. The normalized spacial score (nSPS) is 20.3. The number of amides is 1. The van der Waals surface area contributed by atoms with Crippen molar-refractivity contribution < 1.29 is 14.6 Å². The molecule has 1 N–H and O–H groups in total. The van der Waals surface area contributed by atoms with Gasteiger partial charge in [-0.25, -0.2) is 4.98 Å². The van der Waals surface area contributed by atoms with Gasteiger partial charge in [0.2, 0.25) is 0 Å². The third kappa shape index (κ3) is 2.96. The molecule has 8 nitrogen and oxygen atoms in total. The van der Waals surface area contributed by atoms with Crippen LogP contribution in [0.3, 0.4) is 0 Å². The highest BCUT2D eigenvalue weighted by molar-refractivity contribution is 5.93. The summed E-state index contributed by atoms with van der Waals surface area (Å²) in [6, 6.07) is 5.55. The Labute approximate surface area is 144 Å². The zero-order chi connectivity index (χ0) is 17.4. The van der Waals surface area contributed by atoms with E-state index in [0.717, 1.165) is 12.1 Å². The monoisotopic (exact) mass is 341 g/mol. The molecule has 1 aliphatic heterocycles. The first-order valence-electron chi connectivity index (χ1n) is 8.23. The number of aliphatic hydroxyl groups excluding tert-OH is 1. The van der Waals surface area contributed by atoms with Crippen molar-refractivity contribution in [3.05, 3.63) is 48.8 Å². The summed E-state index contributed by atoms with van der Waals surface area (Å²) in [6.45, 7) is 3.26. The van der Waals surface area contributed by atoms with Crippen molar-refractivity contribution in [1.29, 1.82) is 0 Å². The fraction of sp³-hybridized carbons (Fsp3) is 0.353. The lowest BCUT2D eigenvalue weighted by molar-refractivity contribution is 0.0728. The number of fused-ring (bicyclic) bond motifs is 1. The molecule has 130 valence electrons. The van der Waals surface area contributed by atoms with E-state index in [9.17, 15) is 9.90 Å². The third-order valence-corrected chi connectivity index (χ3v) is 4.38. The molecule has 3 aromatic heterocycles. The fourth-order valence-corrected chi connectivity index (χ4v) is 3.01. The molecule has 3 aromatic rings. The molecule has 1 amide bonds. The van der Waals surface area contributed by atoms with Crippen LogP contribution in [0.15, 0.2) is 43.1 Å². The van der Waals surface area contributed by atoms with Crippen LogP contribution in [0.5, 0.6) is 5.75 Å². The number of β-amino-alcohol motifs (C(OH)–C–C–N with tert-alkyl or cyclic N) is 1. The summed E-state index contributed by atoms with van der Waals surface area (Å²) in [7, 11) is 0. The highest BCUT2D eigenvalue weighted by Crippen LogP contribution is 2.20. The van der Waals surface area contributed by atoms with Gasteiger partial charge in [0.1, 0.15) is 17.9 Å². The lowest BCUT2D eigenvalue weighted by Crippen LogP contribution is -2.31. The van der Waals surface area contributed by atoms with Crippen LogP contribution in [0, 0.1) is 0 Å². The van der Waals surface area contributed by atoms with E-state index in [1.165, 1.54) is 0 Å². The lowest BCUT2D eigenvalue weighted by atomic mass is 10.3. The number of carbonyl (C=O) groups excluding carboxylic acids is 1. The maximum absolute atomic E-state index is 12.7. The van der Waals surface area contributed by atoms with Crippen LogP contribution < -0.4 is 4.74 Å². The Morgan fingerprint density at radius 2 is 2.32 bits per heavy atom. The van der Waals surface area contributed by atoms with Crippen LogP contribution in [-0.2, 0) is 6.54 Å². The van der Waals surface area contributed by atoms with Crippen LogP contribution in [-0.4, -0.2) is 60.4 Å². The van der Waals surface area contributed by atoms with Gasteiger partial charge in [-0.1, -0.05) is 0 Å². The van der Waals surface area contributed by atoms with Crippen LogP contribution in [0.25, 0.3) is 5.52 Å². The van der Waals surface area contributed by atoms with E-state index in [-0.39, 0.29) is 12.5 Å². The molecule has 0 saturated carbocycles. The molecule has 4 rings (SSSR count). The van der Waals surface area contributed by atoms with Gasteiger partial charge < -0.3 is 19.1 Å². The maximum Gasteiger partial charge on any atom is 0.272 e. The van der Waals surface area contributed by atoms with Gasteiger partial charge in [0.05, 0.1) is 31.8 Å². The first kappa shape index (κ1) is 15.6. The Morgan fingerprint density at radius 3 is 3.12 bits per heavy atom. The standard InChI is InChI=1S/C17H19N5O3/c1-2-22-8-13(7-19-22)25-16-10-21(9-15(16)23)17(24)14-6-12-4-3-5-20(12)11-18-14/h3-8,11,15-16,23H,2,9-10H2,1H3/t15-,16-/m1/s1. The topological polar surface area (TPSA) is 84.9 Å². The number of ether oxygens (including phenoxy) is 1. The molecule has 1 aliphatic rings. The van der Waals surface area contributed by atoms with Crippen LogP contribution >= 0.6 is 0 Å². The van der Waals surface area contributed by atoms with Crippen LogP contribution in [0.1, 0.15) is 17.4 Å². The number of likely N-dealkylation sites (tertiary alicyclic amines) is 1. The Morgan fingerprint density at radius 1 is 1.44 bits per heavy atom. The van der Waals surface area contributed by atoms with E-state index in [0.29, 0.717) is 18.0 Å². The molecular formula is C17H19N5O3. The number of aliphatic hydroxyl groups is 1. The molecule has 1 fully saturated rings. The van der Waals surface area contributed by atoms with Gasteiger partial charge in [-0.3, -0.25) is 9.48 Å². The summed E-state index contributed by atoms with van der Waals surface area (Å²) in [6.07, 6.45) is 5.65. The van der Waals surface area contributed by atoms with E-state index in [1.807, 2.05) is 29.7 Å². The molecule has 2 atom stereocenters. The van der Waals surface area contributed by atoms with Crippen molar-refractivity contribution in [3.63, 3.8) is 0 Å². The smallest absolute Gasteiger partial charge is 0.272 e. The van der Waals surface area contributed by atoms with Crippen molar-refractivity contribution in [2.24, 2.45) is 0 Å². The molecule has 0 radical (unpaired) electrons. The van der Waals surface area contributed by atoms with Gasteiger partial charge in [0.25, 0.3) is 5.91 Å². The van der Waals surface area contributed by atoms with Gasteiger partial charge in [0.15, 0.2) is 5.75 Å². The highest BCUT2D eigenvalue weighted by Gasteiger charge is 2.36. The second-order valence-electron chi connectivity index (χ2n) is 6.08. The van der Waals surface area contributed by atoms with E-state index in [4.69, 9.17) is 4.74 Å². The zero-order valence-electron chi connectivity index (χ0n) is 13.8. The number of aromatic nitrogens is 4. The van der Waals surface area contributed by atoms with Gasteiger partial charge in [0, 0.05) is 18.3 Å². The molecule has 25 heavy (non-hydrogen) atoms. The predicted molar refractivity (Wildman–Crippen MR) is 89.4 cm³/mol. The number of rotatable bonds is 4. The molecule has 0 spiro atoms. The summed E-state index contributed by atoms with van der Waals surface area (Å²) >= 11 is 0. The number of aryl methyl sites for hydroxylation is 1. The van der Waals surface area contributed by atoms with Crippen molar-refractivity contribution in [3.8, 4) is 5.75 Å². The first-order chi connectivity index (χ1) is 12.1. The minimum atomic E-state index is -0.744.